The number of nitro groups is 1. The van der Waals surface area contributed by atoms with Crippen molar-refractivity contribution in [1.29, 1.82) is 0 Å². The lowest BCUT2D eigenvalue weighted by Crippen LogP contribution is -2.36. The molecule has 0 saturated carbocycles. The number of benzene rings is 1. The number of aryl methyl sites for hydroxylation is 1. The van der Waals surface area contributed by atoms with Crippen LogP contribution in [0.2, 0.25) is 0 Å². The maximum absolute atomic E-state index is 12.6. The molecule has 3 heterocycles. The van der Waals surface area contributed by atoms with Gasteiger partial charge in [0.05, 0.1) is 28.7 Å². The number of ether oxygens (including phenoxy) is 1. The van der Waals surface area contributed by atoms with Crippen molar-refractivity contribution >= 4 is 40.4 Å². The zero-order valence-corrected chi connectivity index (χ0v) is 19.7. The summed E-state index contributed by atoms with van der Waals surface area (Å²) in [5.74, 6) is -0.276. The number of imide groups is 1. The minimum absolute atomic E-state index is 0.0455. The van der Waals surface area contributed by atoms with Gasteiger partial charge in [0.2, 0.25) is 0 Å². The van der Waals surface area contributed by atoms with Gasteiger partial charge in [0.15, 0.2) is 0 Å². The van der Waals surface area contributed by atoms with Crippen LogP contribution in [0.4, 0.5) is 16.2 Å². The van der Waals surface area contributed by atoms with Gasteiger partial charge in [0.25, 0.3) is 16.8 Å². The summed E-state index contributed by atoms with van der Waals surface area (Å²) in [6.07, 6.45) is 2.44. The van der Waals surface area contributed by atoms with Gasteiger partial charge in [-0.05, 0) is 61.9 Å². The smallest absolute Gasteiger partial charge is 0.294 e. The lowest BCUT2D eigenvalue weighted by molar-refractivity contribution is -0.384. The summed E-state index contributed by atoms with van der Waals surface area (Å²) in [5.41, 5.74) is 3.81. The van der Waals surface area contributed by atoms with E-state index >= 15 is 0 Å². The number of rotatable bonds is 6. The predicted molar refractivity (Wildman–Crippen MR) is 128 cm³/mol. The first-order chi connectivity index (χ1) is 15.8. The van der Waals surface area contributed by atoms with Crippen molar-refractivity contribution in [3.05, 3.63) is 56.2 Å². The van der Waals surface area contributed by atoms with Gasteiger partial charge in [-0.15, -0.1) is 0 Å². The van der Waals surface area contributed by atoms with E-state index in [4.69, 9.17) is 4.74 Å². The second-order valence-electron chi connectivity index (χ2n) is 8.02. The van der Waals surface area contributed by atoms with Crippen LogP contribution in [-0.4, -0.2) is 58.4 Å². The molecule has 33 heavy (non-hydrogen) atoms. The lowest BCUT2D eigenvalue weighted by atomic mass is 10.2. The fourth-order valence-electron chi connectivity index (χ4n) is 4.26. The van der Waals surface area contributed by atoms with Gasteiger partial charge in [-0.2, -0.15) is 0 Å². The van der Waals surface area contributed by atoms with Crippen molar-refractivity contribution in [2.24, 2.45) is 0 Å². The molecular weight excluding hydrogens is 444 g/mol. The Morgan fingerprint density at radius 3 is 2.58 bits per heavy atom. The Morgan fingerprint density at radius 1 is 1.18 bits per heavy atom. The Balaban J connectivity index is 1.70. The highest BCUT2D eigenvalue weighted by molar-refractivity contribution is 8.18. The average molecular weight is 471 g/mol. The van der Waals surface area contributed by atoms with Crippen molar-refractivity contribution in [1.82, 2.24) is 9.47 Å². The van der Waals surface area contributed by atoms with Crippen molar-refractivity contribution in [3.8, 4) is 5.69 Å². The average Bonchev–Trinajstić information content (AvgIpc) is 3.23. The number of nitrogens with zero attached hydrogens (tertiary/aromatic N) is 4. The number of hydrogen-bond acceptors (Lipinski definition) is 7. The summed E-state index contributed by atoms with van der Waals surface area (Å²) in [6, 6.07) is 7.17. The van der Waals surface area contributed by atoms with E-state index in [0.29, 0.717) is 55.5 Å². The molecule has 1 aromatic heterocycles. The van der Waals surface area contributed by atoms with Crippen LogP contribution in [0.1, 0.15) is 30.3 Å². The van der Waals surface area contributed by atoms with E-state index in [2.05, 4.69) is 0 Å². The Hall–Kier alpha value is -3.11. The molecule has 0 bridgehead atoms. The molecule has 0 spiro atoms. The molecule has 2 aromatic rings. The summed E-state index contributed by atoms with van der Waals surface area (Å²) < 4.78 is 7.30. The van der Waals surface area contributed by atoms with Crippen molar-refractivity contribution in [3.63, 3.8) is 0 Å². The highest BCUT2D eigenvalue weighted by atomic mass is 32.2. The summed E-state index contributed by atoms with van der Waals surface area (Å²) in [4.78, 5) is 39.9. The summed E-state index contributed by atoms with van der Waals surface area (Å²) in [5, 5.41) is 11.6. The molecule has 174 valence electrons. The molecule has 0 aliphatic carbocycles. The predicted octanol–water partition coefficient (Wildman–Crippen LogP) is 4.29. The Bertz CT molecular complexity index is 1150. The van der Waals surface area contributed by atoms with Crippen molar-refractivity contribution in [2.75, 3.05) is 37.7 Å². The van der Waals surface area contributed by atoms with Crippen LogP contribution in [0.25, 0.3) is 11.8 Å². The first kappa shape index (κ1) is 23.1. The molecule has 2 aliphatic rings. The molecule has 2 saturated heterocycles. The number of thioether (sulfide) groups is 1. The van der Waals surface area contributed by atoms with Crippen LogP contribution < -0.4 is 4.90 Å². The zero-order valence-electron chi connectivity index (χ0n) is 18.9. The molecular formula is C23H26N4O5S. The number of aromatic nitrogens is 1. The van der Waals surface area contributed by atoms with Gasteiger partial charge in [-0.3, -0.25) is 24.6 Å². The number of hydrogen-bond donors (Lipinski definition) is 0. The number of amides is 2. The van der Waals surface area contributed by atoms with E-state index in [-0.39, 0.29) is 21.8 Å². The van der Waals surface area contributed by atoms with Crippen LogP contribution >= 0.6 is 11.8 Å². The van der Waals surface area contributed by atoms with Crippen LogP contribution in [0, 0.1) is 24.0 Å². The Labute approximate surface area is 196 Å². The molecule has 9 nitrogen and oxygen atoms in total. The Morgan fingerprint density at radius 2 is 1.91 bits per heavy atom. The standard InChI is InChI=1S/C23H26N4O5S/c1-4-7-25-22(28)21(33-23(25)29)13-17-12-15(2)26(16(17)3)18-5-6-19(20(14-18)27(30)31)24-8-10-32-11-9-24/h5-6,12-14H,4,7-11H2,1-3H3/b21-13-. The first-order valence-electron chi connectivity index (χ1n) is 10.9. The van der Waals surface area contributed by atoms with Gasteiger partial charge in [0, 0.05) is 37.1 Å². The van der Waals surface area contributed by atoms with Gasteiger partial charge in [-0.25, -0.2) is 0 Å². The van der Waals surface area contributed by atoms with E-state index < -0.39 is 0 Å². The number of carbonyl (C=O) groups excluding carboxylic acids is 2. The second kappa shape index (κ2) is 9.40. The molecule has 0 N–H and O–H groups in total. The van der Waals surface area contributed by atoms with Crippen LogP contribution in [-0.2, 0) is 9.53 Å². The molecule has 2 aliphatic heterocycles. The lowest BCUT2D eigenvalue weighted by Gasteiger charge is -2.28. The van der Waals surface area contributed by atoms with Crippen molar-refractivity contribution in [2.45, 2.75) is 27.2 Å². The van der Waals surface area contributed by atoms with Gasteiger partial charge in [-0.1, -0.05) is 6.92 Å². The Kier molecular flexibility index (Phi) is 6.57. The maximum atomic E-state index is 12.6. The molecule has 1 aromatic carbocycles. The summed E-state index contributed by atoms with van der Waals surface area (Å²) >= 11 is 0.945. The number of nitro benzene ring substituents is 1. The molecule has 10 heteroatoms. The third-order valence-electron chi connectivity index (χ3n) is 5.84. The summed E-state index contributed by atoms with van der Waals surface area (Å²) in [7, 11) is 0. The topological polar surface area (TPSA) is 97.9 Å². The number of anilines is 1. The van der Waals surface area contributed by atoms with E-state index in [1.807, 2.05) is 42.4 Å². The highest BCUT2D eigenvalue weighted by Crippen LogP contribution is 2.35. The quantitative estimate of drug-likeness (QED) is 0.353. The van der Waals surface area contributed by atoms with Gasteiger partial charge >= 0.3 is 0 Å². The molecule has 0 unspecified atom stereocenters. The maximum Gasteiger partial charge on any atom is 0.294 e. The fraction of sp³-hybridized carbons (Fsp3) is 0.391. The van der Waals surface area contributed by atoms with Crippen molar-refractivity contribution < 1.29 is 19.2 Å². The van der Waals surface area contributed by atoms with Crippen LogP contribution in [0.5, 0.6) is 0 Å². The van der Waals surface area contributed by atoms with Crippen LogP contribution in [0.15, 0.2) is 29.2 Å². The van der Waals surface area contributed by atoms with E-state index in [1.165, 1.54) is 4.90 Å². The van der Waals surface area contributed by atoms with Gasteiger partial charge in [0.1, 0.15) is 5.69 Å². The number of morpholine rings is 1. The molecule has 0 atom stereocenters. The zero-order chi connectivity index (χ0) is 23.7. The molecule has 0 radical (unpaired) electrons. The van der Waals surface area contributed by atoms with E-state index in [0.717, 1.165) is 28.7 Å². The third kappa shape index (κ3) is 4.40. The monoisotopic (exact) mass is 470 g/mol. The highest BCUT2D eigenvalue weighted by Gasteiger charge is 2.34. The van der Waals surface area contributed by atoms with E-state index in [1.54, 1.807) is 18.2 Å². The molecule has 4 rings (SSSR count). The van der Waals surface area contributed by atoms with Gasteiger partial charge < -0.3 is 14.2 Å². The SMILES string of the molecule is CCCN1C(=O)S/C(=C\c2cc(C)n(-c3ccc(N4CCOCC4)c([N+](=O)[O-])c3)c2C)C1=O. The summed E-state index contributed by atoms with van der Waals surface area (Å²) in [6.45, 7) is 8.44. The minimum atomic E-state index is -0.354. The van der Waals surface area contributed by atoms with E-state index in [9.17, 15) is 19.7 Å². The normalized spacial score (nSPS) is 18.0. The third-order valence-corrected chi connectivity index (χ3v) is 6.75. The molecule has 2 amide bonds. The molecule has 2 fully saturated rings. The fourth-order valence-corrected chi connectivity index (χ4v) is 5.11. The first-order valence-corrected chi connectivity index (χ1v) is 11.7. The second-order valence-corrected chi connectivity index (χ2v) is 9.02. The number of carbonyl (C=O) groups is 2. The van der Waals surface area contributed by atoms with Crippen LogP contribution in [0.3, 0.4) is 0 Å². The largest absolute Gasteiger partial charge is 0.378 e. The minimum Gasteiger partial charge on any atom is -0.378 e.